The van der Waals surface area contributed by atoms with E-state index < -0.39 is 11.8 Å². The number of rotatable bonds is 3. The van der Waals surface area contributed by atoms with Crippen molar-refractivity contribution in [3.05, 3.63) is 64.7 Å². The zero-order valence-electron chi connectivity index (χ0n) is 13.1. The van der Waals surface area contributed by atoms with E-state index in [0.717, 1.165) is 5.56 Å². The highest BCUT2D eigenvalue weighted by Crippen LogP contribution is 2.31. The van der Waals surface area contributed by atoms with Crippen molar-refractivity contribution in [3.8, 4) is 11.5 Å². The molecule has 1 aliphatic heterocycles. The summed E-state index contributed by atoms with van der Waals surface area (Å²) in [6.07, 6.45) is 2.91. The molecule has 0 saturated carbocycles. The summed E-state index contributed by atoms with van der Waals surface area (Å²) in [5.41, 5.74) is 5.66. The molecule has 2 N–H and O–H groups in total. The molecule has 128 valence electrons. The minimum Gasteiger partial charge on any atom is -0.486 e. The number of hydrogen-bond acceptors (Lipinski definition) is 4. The van der Waals surface area contributed by atoms with Crippen molar-refractivity contribution in [2.45, 2.75) is 0 Å². The zero-order chi connectivity index (χ0) is 17.6. The van der Waals surface area contributed by atoms with Crippen molar-refractivity contribution < 1.29 is 19.1 Å². The van der Waals surface area contributed by atoms with Crippen molar-refractivity contribution in [1.82, 2.24) is 10.9 Å². The van der Waals surface area contributed by atoms with Crippen LogP contribution in [0.5, 0.6) is 11.5 Å². The molecule has 0 aromatic heterocycles. The van der Waals surface area contributed by atoms with Crippen molar-refractivity contribution >= 4 is 29.5 Å². The number of benzene rings is 2. The van der Waals surface area contributed by atoms with E-state index in [1.165, 1.54) is 6.08 Å². The van der Waals surface area contributed by atoms with Gasteiger partial charge in [0.05, 0.1) is 10.6 Å². The van der Waals surface area contributed by atoms with E-state index in [-0.39, 0.29) is 5.56 Å². The lowest BCUT2D eigenvalue weighted by atomic mass is 10.2. The maximum absolute atomic E-state index is 11.9. The average Bonchev–Trinajstić information content (AvgIpc) is 2.64. The van der Waals surface area contributed by atoms with Crippen molar-refractivity contribution in [2.75, 3.05) is 13.2 Å². The molecule has 0 atom stereocenters. The van der Waals surface area contributed by atoms with Crippen LogP contribution in [-0.4, -0.2) is 25.0 Å². The predicted octanol–water partition coefficient (Wildman–Crippen LogP) is 2.59. The van der Waals surface area contributed by atoms with Gasteiger partial charge in [-0.25, -0.2) is 0 Å². The van der Waals surface area contributed by atoms with Crippen LogP contribution in [0.1, 0.15) is 15.9 Å². The SMILES string of the molecule is O=C(/C=C/c1ccc2c(c1)OCCO2)NNC(=O)c1ccccc1Cl. The number of halogens is 1. The second-order valence-electron chi connectivity index (χ2n) is 5.16. The highest BCUT2D eigenvalue weighted by molar-refractivity contribution is 6.33. The molecule has 2 aromatic carbocycles. The minimum absolute atomic E-state index is 0.278. The summed E-state index contributed by atoms with van der Waals surface area (Å²) >= 11 is 5.92. The quantitative estimate of drug-likeness (QED) is 0.653. The summed E-state index contributed by atoms with van der Waals surface area (Å²) in [6, 6.07) is 11.9. The number of nitrogens with one attached hydrogen (secondary N) is 2. The molecule has 0 unspecified atom stereocenters. The van der Waals surface area contributed by atoms with E-state index >= 15 is 0 Å². The molecular weight excluding hydrogens is 344 g/mol. The lowest BCUT2D eigenvalue weighted by Gasteiger charge is -2.18. The number of hydrazine groups is 1. The number of carbonyl (C=O) groups excluding carboxylic acids is 2. The highest BCUT2D eigenvalue weighted by atomic mass is 35.5. The molecule has 2 aromatic rings. The molecule has 1 aliphatic rings. The Morgan fingerprint density at radius 3 is 2.56 bits per heavy atom. The Labute approximate surface area is 149 Å². The maximum Gasteiger partial charge on any atom is 0.271 e. The van der Waals surface area contributed by atoms with Gasteiger partial charge in [0.2, 0.25) is 0 Å². The molecule has 0 spiro atoms. The van der Waals surface area contributed by atoms with Gasteiger partial charge in [0.1, 0.15) is 13.2 Å². The van der Waals surface area contributed by atoms with Gasteiger partial charge in [0.15, 0.2) is 11.5 Å². The van der Waals surface area contributed by atoms with Gasteiger partial charge in [-0.15, -0.1) is 0 Å². The average molecular weight is 359 g/mol. The molecule has 7 heteroatoms. The predicted molar refractivity (Wildman–Crippen MR) is 93.5 cm³/mol. The normalized spacial score (nSPS) is 12.7. The van der Waals surface area contributed by atoms with E-state index in [0.29, 0.717) is 29.7 Å². The lowest BCUT2D eigenvalue weighted by molar-refractivity contribution is -0.117. The molecule has 0 aliphatic carbocycles. The van der Waals surface area contributed by atoms with Crippen LogP contribution in [-0.2, 0) is 4.79 Å². The second-order valence-corrected chi connectivity index (χ2v) is 5.57. The molecule has 0 saturated heterocycles. The van der Waals surface area contributed by atoms with Crippen LogP contribution >= 0.6 is 11.6 Å². The van der Waals surface area contributed by atoms with Crippen LogP contribution in [0, 0.1) is 0 Å². The second kappa shape index (κ2) is 7.72. The van der Waals surface area contributed by atoms with Crippen LogP contribution in [0.3, 0.4) is 0 Å². The first-order valence-corrected chi connectivity index (χ1v) is 7.94. The summed E-state index contributed by atoms with van der Waals surface area (Å²) in [4.78, 5) is 23.8. The zero-order valence-corrected chi connectivity index (χ0v) is 13.9. The van der Waals surface area contributed by atoms with E-state index in [1.807, 2.05) is 0 Å². The molecule has 1 heterocycles. The maximum atomic E-state index is 11.9. The van der Waals surface area contributed by atoms with Crippen molar-refractivity contribution in [2.24, 2.45) is 0 Å². The van der Waals surface area contributed by atoms with Gasteiger partial charge in [-0.3, -0.25) is 20.4 Å². The standard InChI is InChI=1S/C18H15ClN2O4/c19-14-4-2-1-3-13(14)18(23)21-20-17(22)8-6-12-5-7-15-16(11-12)25-10-9-24-15/h1-8,11H,9-10H2,(H,20,22)(H,21,23)/b8-6+. The molecule has 0 fully saturated rings. The van der Waals surface area contributed by atoms with Crippen LogP contribution < -0.4 is 20.3 Å². The largest absolute Gasteiger partial charge is 0.486 e. The van der Waals surface area contributed by atoms with Crippen LogP contribution in [0.2, 0.25) is 5.02 Å². The number of ether oxygens (including phenoxy) is 2. The first-order chi connectivity index (χ1) is 12.1. The number of hydrogen-bond donors (Lipinski definition) is 2. The van der Waals surface area contributed by atoms with Crippen LogP contribution in [0.25, 0.3) is 6.08 Å². The summed E-state index contributed by atoms with van der Waals surface area (Å²) < 4.78 is 10.9. The smallest absolute Gasteiger partial charge is 0.271 e. The molecule has 0 bridgehead atoms. The Hall–Kier alpha value is -2.99. The minimum atomic E-state index is -0.494. The lowest BCUT2D eigenvalue weighted by Crippen LogP contribution is -2.40. The summed E-state index contributed by atoms with van der Waals surface area (Å²) in [5, 5.41) is 0.307. The Morgan fingerprint density at radius 2 is 1.76 bits per heavy atom. The molecule has 0 radical (unpaired) electrons. The fraction of sp³-hybridized carbons (Fsp3) is 0.111. The van der Waals surface area contributed by atoms with Crippen molar-refractivity contribution in [3.63, 3.8) is 0 Å². The molecule has 25 heavy (non-hydrogen) atoms. The van der Waals surface area contributed by atoms with Gasteiger partial charge in [-0.2, -0.15) is 0 Å². The Bertz CT molecular complexity index is 836. The Balaban J connectivity index is 1.56. The first kappa shape index (κ1) is 16.9. The summed E-state index contributed by atoms with van der Waals surface area (Å²) in [7, 11) is 0. The molecule has 6 nitrogen and oxygen atoms in total. The fourth-order valence-corrected chi connectivity index (χ4v) is 2.43. The van der Waals surface area contributed by atoms with Crippen LogP contribution in [0.15, 0.2) is 48.5 Å². The number of fused-ring (bicyclic) bond motifs is 1. The molecule has 3 rings (SSSR count). The third-order valence-electron chi connectivity index (χ3n) is 3.41. The monoisotopic (exact) mass is 358 g/mol. The van der Waals surface area contributed by atoms with Gasteiger partial charge in [-0.1, -0.05) is 29.8 Å². The van der Waals surface area contributed by atoms with E-state index in [4.69, 9.17) is 21.1 Å². The van der Waals surface area contributed by atoms with Gasteiger partial charge < -0.3 is 9.47 Å². The van der Waals surface area contributed by atoms with E-state index in [9.17, 15) is 9.59 Å². The summed E-state index contributed by atoms with van der Waals surface area (Å²) in [6.45, 7) is 1.02. The van der Waals surface area contributed by atoms with Gasteiger partial charge in [0, 0.05) is 6.08 Å². The fourth-order valence-electron chi connectivity index (χ4n) is 2.21. The Kier molecular flexibility index (Phi) is 5.20. The van der Waals surface area contributed by atoms with E-state index in [1.54, 1.807) is 48.5 Å². The van der Waals surface area contributed by atoms with Gasteiger partial charge in [-0.05, 0) is 35.9 Å². The Morgan fingerprint density at radius 1 is 1.00 bits per heavy atom. The van der Waals surface area contributed by atoms with Crippen LogP contribution in [0.4, 0.5) is 0 Å². The highest BCUT2D eigenvalue weighted by Gasteiger charge is 2.11. The van der Waals surface area contributed by atoms with Gasteiger partial charge >= 0.3 is 0 Å². The van der Waals surface area contributed by atoms with Crippen molar-refractivity contribution in [1.29, 1.82) is 0 Å². The number of carbonyl (C=O) groups is 2. The van der Waals surface area contributed by atoms with E-state index in [2.05, 4.69) is 10.9 Å². The third kappa shape index (κ3) is 4.30. The summed E-state index contributed by atoms with van der Waals surface area (Å²) in [5.74, 6) is 0.350. The third-order valence-corrected chi connectivity index (χ3v) is 3.74. The van der Waals surface area contributed by atoms with Gasteiger partial charge in [0.25, 0.3) is 11.8 Å². The molecule has 2 amide bonds. The number of amides is 2. The first-order valence-electron chi connectivity index (χ1n) is 7.56. The molecular formula is C18H15ClN2O4. The topological polar surface area (TPSA) is 76.7 Å².